The molecule has 0 aliphatic carbocycles. The Balaban J connectivity index is 1.13. The molecule has 6 heteroatoms. The Morgan fingerprint density at radius 2 is 1.48 bits per heavy atom. The van der Waals surface area contributed by atoms with Crippen LogP contribution >= 0.6 is 11.3 Å². The second-order valence-electron chi connectivity index (χ2n) is 10.9. The van der Waals surface area contributed by atoms with Crippen molar-refractivity contribution in [1.29, 1.82) is 0 Å². The zero-order valence-electron chi connectivity index (χ0n) is 23.5. The minimum atomic E-state index is 0.136. The minimum absolute atomic E-state index is 0.136. The van der Waals surface area contributed by atoms with Crippen LogP contribution in [0.2, 0.25) is 0 Å². The van der Waals surface area contributed by atoms with Gasteiger partial charge in [-0.2, -0.15) is 0 Å². The Morgan fingerprint density at radius 1 is 0.800 bits per heavy atom. The normalized spacial score (nSPS) is 17.1. The van der Waals surface area contributed by atoms with Crippen molar-refractivity contribution in [2.45, 2.75) is 36.2 Å². The molecule has 0 spiro atoms. The van der Waals surface area contributed by atoms with Gasteiger partial charge in [-0.1, -0.05) is 6.07 Å². The van der Waals surface area contributed by atoms with E-state index < -0.39 is 0 Å². The summed E-state index contributed by atoms with van der Waals surface area (Å²) in [4.78, 5) is 8.87. The van der Waals surface area contributed by atoms with Gasteiger partial charge < -0.3 is 4.74 Å². The molecule has 0 bridgehead atoms. The predicted molar refractivity (Wildman–Crippen MR) is 164 cm³/mol. The Kier molecular flexibility index (Phi) is 9.59. The molecule has 2 fully saturated rings. The first-order valence-electron chi connectivity index (χ1n) is 14.7. The zero-order valence-corrected chi connectivity index (χ0v) is 26.5. The first-order chi connectivity index (χ1) is 19.8. The number of hydrogen-bond donors (Lipinski definition) is 0. The van der Waals surface area contributed by atoms with Gasteiger partial charge in [0, 0.05) is 6.54 Å². The molecule has 4 nitrogen and oxygen atoms in total. The van der Waals surface area contributed by atoms with Crippen molar-refractivity contribution in [2.24, 2.45) is 0 Å². The molecule has 1 atom stereocenters. The number of rotatable bonds is 12. The summed E-state index contributed by atoms with van der Waals surface area (Å²) >= 11 is 2.03. The van der Waals surface area contributed by atoms with Crippen LogP contribution in [0.15, 0.2) is 72.8 Å². The van der Waals surface area contributed by atoms with E-state index in [1.807, 2.05) is 11.3 Å². The maximum absolute atomic E-state index is 6.27. The van der Waals surface area contributed by atoms with Gasteiger partial charge in [-0.05, 0) is 38.1 Å². The number of benzene rings is 3. The van der Waals surface area contributed by atoms with Crippen molar-refractivity contribution in [3.63, 3.8) is 0 Å². The maximum atomic E-state index is 6.27. The molecule has 2 aliphatic rings. The molecule has 0 amide bonds. The van der Waals surface area contributed by atoms with E-state index in [1.165, 1.54) is 83.5 Å². The summed E-state index contributed by atoms with van der Waals surface area (Å²) in [6.07, 6.45) is 6.23. The third-order valence-corrected chi connectivity index (χ3v) is 12.0. The molecular formula is C34H40IN2O2S-. The Labute approximate surface area is 253 Å². The van der Waals surface area contributed by atoms with Gasteiger partial charge in [0.15, 0.2) is 0 Å². The molecule has 1 aromatic heterocycles. The molecule has 3 aromatic carbocycles. The fourth-order valence-electron chi connectivity index (χ4n) is 5.91. The zero-order chi connectivity index (χ0) is 27.1. The van der Waals surface area contributed by atoms with E-state index in [4.69, 9.17) is 9.47 Å². The van der Waals surface area contributed by atoms with Crippen molar-refractivity contribution in [1.82, 2.24) is 9.80 Å². The Morgan fingerprint density at radius 3 is 2.23 bits per heavy atom. The van der Waals surface area contributed by atoms with Gasteiger partial charge in [-0.25, -0.2) is 0 Å². The monoisotopic (exact) mass is 667 g/mol. The van der Waals surface area contributed by atoms with Crippen LogP contribution in [-0.2, 0) is 6.42 Å². The SMILES string of the molecule is C[I-]C(COc1ccc(Cc2c(-c3ccc(OCCN4CCCC4)cc3)sc3ccccc23)cc1)N1CCCC1. The van der Waals surface area contributed by atoms with Crippen molar-refractivity contribution in [3.05, 3.63) is 83.9 Å². The average molecular weight is 668 g/mol. The van der Waals surface area contributed by atoms with Crippen LogP contribution in [0.4, 0.5) is 0 Å². The van der Waals surface area contributed by atoms with Crippen LogP contribution in [0, 0.1) is 0 Å². The number of hydrogen-bond acceptors (Lipinski definition) is 5. The van der Waals surface area contributed by atoms with Gasteiger partial charge in [-0.15, -0.1) is 0 Å². The number of nitrogens with zero attached hydrogens (tertiary/aromatic N) is 2. The summed E-state index contributed by atoms with van der Waals surface area (Å²) in [6, 6.07) is 26.3. The number of likely N-dealkylation sites (tertiary alicyclic amines) is 2. The average Bonchev–Trinajstić information content (AvgIpc) is 3.78. The van der Waals surface area contributed by atoms with Crippen LogP contribution in [0.3, 0.4) is 0 Å². The summed E-state index contributed by atoms with van der Waals surface area (Å²) in [6.45, 7) is 7.51. The number of thiophene rings is 1. The van der Waals surface area contributed by atoms with E-state index in [0.717, 1.165) is 37.7 Å². The summed E-state index contributed by atoms with van der Waals surface area (Å²) in [5.74, 6) is 1.94. The topological polar surface area (TPSA) is 24.9 Å². The van der Waals surface area contributed by atoms with Gasteiger partial charge >= 0.3 is 182 Å². The standard InChI is InChI=1S/C34H40IN2O2S/c1-35-33(37-20-6-7-21-37)25-39-29-14-10-26(11-15-29)24-31-30-8-2-3-9-32(30)40-34(31)27-12-16-28(17-13-27)38-23-22-36-18-4-5-19-36/h2-3,8-17,33H,4-7,18-25H2,1H3/q-1. The number of alkyl halides is 2. The molecule has 40 heavy (non-hydrogen) atoms. The molecule has 2 aliphatic heterocycles. The van der Waals surface area contributed by atoms with Crippen molar-refractivity contribution in [2.75, 3.05) is 50.9 Å². The van der Waals surface area contributed by atoms with Crippen LogP contribution in [0.1, 0.15) is 36.8 Å². The van der Waals surface area contributed by atoms with Crippen molar-refractivity contribution in [3.8, 4) is 21.9 Å². The second-order valence-corrected chi connectivity index (χ2v) is 14.6. The quantitative estimate of drug-likeness (QED) is 0.129. The van der Waals surface area contributed by atoms with E-state index in [2.05, 4.69) is 87.5 Å². The molecule has 0 saturated carbocycles. The summed E-state index contributed by atoms with van der Waals surface area (Å²) < 4.78 is 14.3. The first kappa shape index (κ1) is 28.0. The Bertz CT molecular complexity index is 1360. The number of halogens is 1. The molecule has 0 N–H and O–H groups in total. The molecule has 3 heterocycles. The number of fused-ring (bicyclic) bond motifs is 1. The van der Waals surface area contributed by atoms with Gasteiger partial charge in [0.1, 0.15) is 12.4 Å². The molecule has 4 aromatic rings. The molecule has 2 saturated heterocycles. The van der Waals surface area contributed by atoms with Crippen molar-refractivity contribution < 1.29 is 30.7 Å². The summed E-state index contributed by atoms with van der Waals surface area (Å²) in [5.41, 5.74) is 3.98. The summed E-state index contributed by atoms with van der Waals surface area (Å²) in [7, 11) is 0. The van der Waals surface area contributed by atoms with Crippen LogP contribution in [0.25, 0.3) is 20.5 Å². The van der Waals surface area contributed by atoms with Gasteiger partial charge in [0.25, 0.3) is 0 Å². The van der Waals surface area contributed by atoms with E-state index in [9.17, 15) is 0 Å². The first-order valence-corrected chi connectivity index (χ1v) is 18.9. The molecular weight excluding hydrogens is 627 g/mol. The molecule has 1 unspecified atom stereocenters. The predicted octanol–water partition coefficient (Wildman–Crippen LogP) is 4.15. The van der Waals surface area contributed by atoms with Crippen LogP contribution in [-0.4, -0.2) is 64.7 Å². The molecule has 6 rings (SSSR count). The van der Waals surface area contributed by atoms with Gasteiger partial charge in [-0.3, -0.25) is 4.90 Å². The fourth-order valence-corrected chi connectivity index (χ4v) is 9.02. The molecule has 0 radical (unpaired) electrons. The van der Waals surface area contributed by atoms with Gasteiger partial charge in [0.05, 0.1) is 0 Å². The fraction of sp³-hybridized carbons (Fsp3) is 0.412. The van der Waals surface area contributed by atoms with E-state index in [0.29, 0.717) is 4.05 Å². The van der Waals surface area contributed by atoms with E-state index >= 15 is 0 Å². The van der Waals surface area contributed by atoms with Crippen LogP contribution < -0.4 is 30.7 Å². The third kappa shape index (κ3) is 6.84. The summed E-state index contributed by atoms with van der Waals surface area (Å²) in [5, 5.41) is 1.36. The van der Waals surface area contributed by atoms with Crippen LogP contribution in [0.5, 0.6) is 11.5 Å². The second kappa shape index (κ2) is 13.7. The van der Waals surface area contributed by atoms with Gasteiger partial charge in [0.2, 0.25) is 0 Å². The number of ether oxygens (including phenoxy) is 2. The van der Waals surface area contributed by atoms with Crippen molar-refractivity contribution >= 4 is 21.4 Å². The van der Waals surface area contributed by atoms with E-state index in [-0.39, 0.29) is 21.2 Å². The van der Waals surface area contributed by atoms with E-state index in [1.54, 1.807) is 0 Å². The third-order valence-electron chi connectivity index (χ3n) is 8.17. The Hall–Kier alpha value is -2.13. The molecule has 212 valence electrons.